The van der Waals surface area contributed by atoms with Crippen LogP contribution < -0.4 is 5.63 Å². The molecular formula is C23H27NO3. The van der Waals surface area contributed by atoms with Crippen LogP contribution in [0.2, 0.25) is 0 Å². The highest BCUT2D eigenvalue weighted by Gasteiger charge is 2.13. The summed E-state index contributed by atoms with van der Waals surface area (Å²) in [5.41, 5.74) is 6.03. The molecule has 0 N–H and O–H groups in total. The van der Waals surface area contributed by atoms with Crippen molar-refractivity contribution in [1.29, 1.82) is 0 Å². The van der Waals surface area contributed by atoms with Crippen molar-refractivity contribution in [3.63, 3.8) is 0 Å². The quantitative estimate of drug-likeness (QED) is 0.583. The van der Waals surface area contributed by atoms with E-state index in [-0.39, 0.29) is 5.63 Å². The lowest BCUT2D eigenvalue weighted by molar-refractivity contribution is 0.140. The summed E-state index contributed by atoms with van der Waals surface area (Å²) in [7, 11) is 1.71. The van der Waals surface area contributed by atoms with E-state index in [1.54, 1.807) is 13.2 Å². The highest BCUT2D eigenvalue weighted by atomic mass is 16.5. The summed E-state index contributed by atoms with van der Waals surface area (Å²) >= 11 is 0. The van der Waals surface area contributed by atoms with E-state index >= 15 is 0 Å². The van der Waals surface area contributed by atoms with Gasteiger partial charge in [0.25, 0.3) is 0 Å². The molecule has 0 aliphatic rings. The van der Waals surface area contributed by atoms with Gasteiger partial charge in [-0.25, -0.2) is 4.79 Å². The van der Waals surface area contributed by atoms with Gasteiger partial charge in [0.2, 0.25) is 0 Å². The van der Waals surface area contributed by atoms with Gasteiger partial charge in [0, 0.05) is 38.2 Å². The lowest BCUT2D eigenvalue weighted by atomic mass is 10.0. The molecular weight excluding hydrogens is 338 g/mol. The first kappa shape index (κ1) is 19.3. The number of fused-ring (bicyclic) bond motifs is 1. The fraction of sp³-hybridized carbons (Fsp3) is 0.348. The molecule has 0 aliphatic carbocycles. The zero-order valence-electron chi connectivity index (χ0n) is 16.5. The van der Waals surface area contributed by atoms with Crippen LogP contribution in [0, 0.1) is 20.8 Å². The average molecular weight is 365 g/mol. The normalized spacial score (nSPS) is 11.4. The smallest absolute Gasteiger partial charge is 0.336 e. The van der Waals surface area contributed by atoms with Gasteiger partial charge in [0.05, 0.1) is 6.61 Å². The lowest BCUT2D eigenvalue weighted by Gasteiger charge is -2.23. The van der Waals surface area contributed by atoms with Gasteiger partial charge < -0.3 is 9.15 Å². The zero-order valence-corrected chi connectivity index (χ0v) is 16.5. The minimum absolute atomic E-state index is 0.300. The van der Waals surface area contributed by atoms with Crippen LogP contribution in [0.15, 0.2) is 51.7 Å². The van der Waals surface area contributed by atoms with Gasteiger partial charge in [-0.05, 0) is 49.1 Å². The lowest BCUT2D eigenvalue weighted by Crippen LogP contribution is -2.27. The molecule has 1 heterocycles. The van der Waals surface area contributed by atoms with Gasteiger partial charge >= 0.3 is 5.63 Å². The second kappa shape index (κ2) is 8.51. The number of ether oxygens (including phenoxy) is 1. The Labute approximate surface area is 160 Å². The summed E-state index contributed by atoms with van der Waals surface area (Å²) in [6, 6.07) is 14.3. The third-order valence-corrected chi connectivity index (χ3v) is 4.79. The maximum atomic E-state index is 12.1. The molecule has 0 spiro atoms. The van der Waals surface area contributed by atoms with Gasteiger partial charge in [0.1, 0.15) is 5.58 Å². The van der Waals surface area contributed by atoms with E-state index in [4.69, 9.17) is 9.15 Å². The third-order valence-electron chi connectivity index (χ3n) is 4.79. The molecule has 142 valence electrons. The van der Waals surface area contributed by atoms with Crippen LogP contribution in [0.4, 0.5) is 0 Å². The number of rotatable bonds is 7. The summed E-state index contributed by atoms with van der Waals surface area (Å²) in [4.78, 5) is 14.4. The van der Waals surface area contributed by atoms with Crippen molar-refractivity contribution in [2.75, 3.05) is 20.3 Å². The maximum Gasteiger partial charge on any atom is 0.336 e. The largest absolute Gasteiger partial charge is 0.422 e. The Morgan fingerprint density at radius 2 is 1.70 bits per heavy atom. The molecule has 0 saturated carbocycles. The first-order chi connectivity index (χ1) is 13.0. The minimum atomic E-state index is -0.300. The van der Waals surface area contributed by atoms with Gasteiger partial charge in [-0.15, -0.1) is 0 Å². The van der Waals surface area contributed by atoms with E-state index in [2.05, 4.69) is 49.1 Å². The fourth-order valence-electron chi connectivity index (χ4n) is 3.44. The Morgan fingerprint density at radius 3 is 2.41 bits per heavy atom. The van der Waals surface area contributed by atoms with E-state index in [1.165, 1.54) is 11.1 Å². The molecule has 0 atom stereocenters. The summed E-state index contributed by atoms with van der Waals surface area (Å²) in [5.74, 6) is 0. The predicted molar refractivity (Wildman–Crippen MR) is 109 cm³/mol. The molecule has 0 bridgehead atoms. The minimum Gasteiger partial charge on any atom is -0.422 e. The monoisotopic (exact) mass is 365 g/mol. The van der Waals surface area contributed by atoms with E-state index in [0.29, 0.717) is 18.7 Å². The van der Waals surface area contributed by atoms with Crippen molar-refractivity contribution in [1.82, 2.24) is 4.90 Å². The number of benzene rings is 2. The molecule has 4 heteroatoms. The first-order valence-electron chi connectivity index (χ1n) is 9.27. The van der Waals surface area contributed by atoms with Crippen molar-refractivity contribution < 1.29 is 9.15 Å². The molecule has 2 aromatic carbocycles. The number of hydrogen-bond acceptors (Lipinski definition) is 4. The summed E-state index contributed by atoms with van der Waals surface area (Å²) in [6.45, 7) is 9.04. The molecule has 27 heavy (non-hydrogen) atoms. The van der Waals surface area contributed by atoms with Crippen LogP contribution in [0.5, 0.6) is 0 Å². The van der Waals surface area contributed by atoms with Gasteiger partial charge in [-0.2, -0.15) is 0 Å². The standard InChI is InChI=1S/C23H27NO3/c1-16-5-7-19(8-6-16)14-24(9-10-26-4)15-20-13-22(25)27-23-18(3)11-17(2)12-21(20)23/h5-8,11-13H,9-10,14-15H2,1-4H3. The van der Waals surface area contributed by atoms with E-state index < -0.39 is 0 Å². The summed E-state index contributed by atoms with van der Waals surface area (Å²) < 4.78 is 10.8. The number of nitrogens with zero attached hydrogens (tertiary/aromatic N) is 1. The fourth-order valence-corrected chi connectivity index (χ4v) is 3.44. The van der Waals surface area contributed by atoms with Crippen LogP contribution in [0.1, 0.15) is 27.8 Å². The number of methoxy groups -OCH3 is 1. The molecule has 0 radical (unpaired) electrons. The Kier molecular flexibility index (Phi) is 6.09. The number of aryl methyl sites for hydroxylation is 3. The molecule has 0 fully saturated rings. The first-order valence-corrected chi connectivity index (χ1v) is 9.27. The van der Waals surface area contributed by atoms with Crippen LogP contribution in [-0.4, -0.2) is 25.2 Å². The Morgan fingerprint density at radius 1 is 0.963 bits per heavy atom. The second-order valence-corrected chi connectivity index (χ2v) is 7.24. The van der Waals surface area contributed by atoms with Crippen molar-refractivity contribution in [3.05, 3.63) is 80.7 Å². The van der Waals surface area contributed by atoms with E-state index in [1.807, 2.05) is 13.0 Å². The summed E-state index contributed by atoms with van der Waals surface area (Å²) in [5, 5.41) is 1.01. The average Bonchev–Trinajstić information content (AvgIpc) is 2.62. The van der Waals surface area contributed by atoms with E-state index in [0.717, 1.165) is 35.2 Å². The van der Waals surface area contributed by atoms with Crippen LogP contribution in [0.3, 0.4) is 0 Å². The van der Waals surface area contributed by atoms with Crippen LogP contribution in [-0.2, 0) is 17.8 Å². The van der Waals surface area contributed by atoms with E-state index in [9.17, 15) is 4.79 Å². The molecule has 4 nitrogen and oxygen atoms in total. The molecule has 3 aromatic rings. The van der Waals surface area contributed by atoms with Crippen LogP contribution in [0.25, 0.3) is 11.0 Å². The van der Waals surface area contributed by atoms with Crippen LogP contribution >= 0.6 is 0 Å². The van der Waals surface area contributed by atoms with Gasteiger partial charge in [-0.1, -0.05) is 35.9 Å². The molecule has 3 rings (SSSR count). The number of hydrogen-bond donors (Lipinski definition) is 0. The zero-order chi connectivity index (χ0) is 19.4. The second-order valence-electron chi connectivity index (χ2n) is 7.24. The molecule has 0 aliphatic heterocycles. The van der Waals surface area contributed by atoms with Gasteiger partial charge in [0.15, 0.2) is 0 Å². The molecule has 0 saturated heterocycles. The SMILES string of the molecule is COCCN(Cc1ccc(C)cc1)Cc1cc(=O)oc2c(C)cc(C)cc12. The molecule has 0 amide bonds. The Balaban J connectivity index is 1.95. The van der Waals surface area contributed by atoms with Crippen molar-refractivity contribution >= 4 is 11.0 Å². The highest BCUT2D eigenvalue weighted by molar-refractivity contribution is 5.83. The molecule has 0 unspecified atom stereocenters. The Hall–Kier alpha value is -2.43. The van der Waals surface area contributed by atoms with Crippen molar-refractivity contribution in [2.45, 2.75) is 33.9 Å². The Bertz CT molecular complexity index is 973. The highest BCUT2D eigenvalue weighted by Crippen LogP contribution is 2.24. The maximum absolute atomic E-state index is 12.1. The van der Waals surface area contributed by atoms with Crippen molar-refractivity contribution in [2.24, 2.45) is 0 Å². The van der Waals surface area contributed by atoms with Crippen molar-refractivity contribution in [3.8, 4) is 0 Å². The topological polar surface area (TPSA) is 42.7 Å². The summed E-state index contributed by atoms with van der Waals surface area (Å²) in [6.07, 6.45) is 0. The predicted octanol–water partition coefficient (Wildman–Crippen LogP) is 4.37. The van der Waals surface area contributed by atoms with Gasteiger partial charge in [-0.3, -0.25) is 4.90 Å². The third kappa shape index (κ3) is 4.85. The molecule has 1 aromatic heterocycles.